The fourth-order valence-corrected chi connectivity index (χ4v) is 1.69. The van der Waals surface area contributed by atoms with E-state index in [1.54, 1.807) is 0 Å². The number of benzene rings is 1. The molecule has 0 radical (unpaired) electrons. The second-order valence-corrected chi connectivity index (χ2v) is 3.87. The van der Waals surface area contributed by atoms with Crippen LogP contribution in [0.15, 0.2) is 30.3 Å². The topological polar surface area (TPSA) is 56.7 Å². The minimum atomic E-state index is 0.481. The lowest BCUT2D eigenvalue weighted by molar-refractivity contribution is 0.619. The smallest absolute Gasteiger partial charge is 0.150 e. The lowest BCUT2D eigenvalue weighted by atomic mass is 10.1. The summed E-state index contributed by atoms with van der Waals surface area (Å²) < 4.78 is 1.84. The SMILES string of the molecule is Nc1c(-c2ccccc2)nnn1C1CC1. The summed E-state index contributed by atoms with van der Waals surface area (Å²) in [5.41, 5.74) is 7.84. The van der Waals surface area contributed by atoms with Gasteiger partial charge in [0.15, 0.2) is 5.82 Å². The van der Waals surface area contributed by atoms with Crippen LogP contribution in [-0.4, -0.2) is 15.0 Å². The summed E-state index contributed by atoms with van der Waals surface area (Å²) in [6.07, 6.45) is 2.34. The summed E-state index contributed by atoms with van der Waals surface area (Å²) in [5.74, 6) is 0.684. The van der Waals surface area contributed by atoms with Gasteiger partial charge in [0.25, 0.3) is 0 Å². The van der Waals surface area contributed by atoms with Crippen molar-refractivity contribution in [1.29, 1.82) is 0 Å². The molecule has 2 N–H and O–H groups in total. The Labute approximate surface area is 87.7 Å². The third-order valence-corrected chi connectivity index (χ3v) is 2.67. The Hall–Kier alpha value is -1.84. The maximum absolute atomic E-state index is 6.01. The first-order valence-electron chi connectivity index (χ1n) is 5.12. The highest BCUT2D eigenvalue weighted by Crippen LogP contribution is 2.37. The van der Waals surface area contributed by atoms with Gasteiger partial charge in [0, 0.05) is 5.56 Å². The van der Waals surface area contributed by atoms with Crippen molar-refractivity contribution in [1.82, 2.24) is 15.0 Å². The average Bonchev–Trinajstić information content (AvgIpc) is 3.04. The molecule has 1 fully saturated rings. The molecular formula is C11H12N4. The minimum Gasteiger partial charge on any atom is -0.382 e. The van der Waals surface area contributed by atoms with Crippen molar-refractivity contribution < 1.29 is 0 Å². The van der Waals surface area contributed by atoms with Gasteiger partial charge in [0.2, 0.25) is 0 Å². The summed E-state index contributed by atoms with van der Waals surface area (Å²) in [4.78, 5) is 0. The molecule has 0 atom stereocenters. The Morgan fingerprint density at radius 3 is 2.60 bits per heavy atom. The van der Waals surface area contributed by atoms with Crippen LogP contribution in [-0.2, 0) is 0 Å². The van der Waals surface area contributed by atoms with Crippen molar-refractivity contribution in [2.75, 3.05) is 5.73 Å². The largest absolute Gasteiger partial charge is 0.382 e. The predicted molar refractivity (Wildman–Crippen MR) is 58.1 cm³/mol. The minimum absolute atomic E-state index is 0.481. The third-order valence-electron chi connectivity index (χ3n) is 2.67. The molecule has 1 aliphatic rings. The summed E-state index contributed by atoms with van der Waals surface area (Å²) in [7, 11) is 0. The molecule has 2 aromatic rings. The van der Waals surface area contributed by atoms with Crippen molar-refractivity contribution in [2.24, 2.45) is 0 Å². The molecule has 4 nitrogen and oxygen atoms in total. The van der Waals surface area contributed by atoms with Crippen LogP contribution in [0.1, 0.15) is 18.9 Å². The average molecular weight is 200 g/mol. The van der Waals surface area contributed by atoms with Crippen LogP contribution in [0.4, 0.5) is 5.82 Å². The van der Waals surface area contributed by atoms with Crippen LogP contribution >= 0.6 is 0 Å². The molecule has 0 aliphatic heterocycles. The first-order valence-corrected chi connectivity index (χ1v) is 5.12. The van der Waals surface area contributed by atoms with Gasteiger partial charge in [-0.1, -0.05) is 35.5 Å². The van der Waals surface area contributed by atoms with Crippen LogP contribution in [0.5, 0.6) is 0 Å². The van der Waals surface area contributed by atoms with Crippen LogP contribution in [0, 0.1) is 0 Å². The number of rotatable bonds is 2. The molecule has 1 aromatic heterocycles. The van der Waals surface area contributed by atoms with E-state index in [1.165, 1.54) is 12.8 Å². The molecule has 1 aliphatic carbocycles. The number of anilines is 1. The second kappa shape index (κ2) is 3.08. The monoisotopic (exact) mass is 200 g/mol. The highest BCUT2D eigenvalue weighted by atomic mass is 15.5. The fourth-order valence-electron chi connectivity index (χ4n) is 1.69. The van der Waals surface area contributed by atoms with E-state index >= 15 is 0 Å². The van der Waals surface area contributed by atoms with Crippen LogP contribution in [0.25, 0.3) is 11.3 Å². The Balaban J connectivity index is 2.05. The molecule has 4 heteroatoms. The first-order chi connectivity index (χ1) is 7.36. The van der Waals surface area contributed by atoms with E-state index in [1.807, 2.05) is 35.0 Å². The van der Waals surface area contributed by atoms with E-state index in [0.29, 0.717) is 11.9 Å². The van der Waals surface area contributed by atoms with Crippen molar-refractivity contribution in [3.63, 3.8) is 0 Å². The summed E-state index contributed by atoms with van der Waals surface area (Å²) in [5, 5.41) is 8.23. The van der Waals surface area contributed by atoms with Crippen LogP contribution in [0.3, 0.4) is 0 Å². The molecule has 0 unspecified atom stereocenters. The van der Waals surface area contributed by atoms with Gasteiger partial charge < -0.3 is 5.73 Å². The molecule has 76 valence electrons. The zero-order valence-corrected chi connectivity index (χ0v) is 8.30. The highest BCUT2D eigenvalue weighted by Gasteiger charge is 2.28. The van der Waals surface area contributed by atoms with Gasteiger partial charge in [0.05, 0.1) is 6.04 Å². The lowest BCUT2D eigenvalue weighted by Crippen LogP contribution is -2.02. The van der Waals surface area contributed by atoms with Gasteiger partial charge >= 0.3 is 0 Å². The molecule has 0 bridgehead atoms. The number of hydrogen-bond acceptors (Lipinski definition) is 3. The van der Waals surface area contributed by atoms with E-state index in [2.05, 4.69) is 10.3 Å². The van der Waals surface area contributed by atoms with Gasteiger partial charge in [-0.2, -0.15) is 0 Å². The molecule has 1 heterocycles. The summed E-state index contributed by atoms with van der Waals surface area (Å²) in [6, 6.07) is 10.4. The van der Waals surface area contributed by atoms with Crippen molar-refractivity contribution in [3.8, 4) is 11.3 Å². The summed E-state index contributed by atoms with van der Waals surface area (Å²) in [6.45, 7) is 0. The summed E-state index contributed by atoms with van der Waals surface area (Å²) >= 11 is 0. The second-order valence-electron chi connectivity index (χ2n) is 3.87. The van der Waals surface area contributed by atoms with Gasteiger partial charge in [-0.25, -0.2) is 4.68 Å². The van der Waals surface area contributed by atoms with Gasteiger partial charge in [-0.15, -0.1) is 5.10 Å². The number of nitrogen functional groups attached to an aromatic ring is 1. The van der Waals surface area contributed by atoms with Crippen molar-refractivity contribution >= 4 is 5.82 Å². The van der Waals surface area contributed by atoms with Gasteiger partial charge in [-0.3, -0.25) is 0 Å². The van der Waals surface area contributed by atoms with E-state index in [9.17, 15) is 0 Å². The van der Waals surface area contributed by atoms with Crippen LogP contribution < -0.4 is 5.73 Å². The maximum atomic E-state index is 6.01. The molecule has 1 saturated carbocycles. The zero-order chi connectivity index (χ0) is 10.3. The molecular weight excluding hydrogens is 188 g/mol. The molecule has 1 aromatic carbocycles. The van der Waals surface area contributed by atoms with E-state index in [0.717, 1.165) is 11.3 Å². The number of nitrogens with two attached hydrogens (primary N) is 1. The number of hydrogen-bond donors (Lipinski definition) is 1. The van der Waals surface area contributed by atoms with Gasteiger partial charge in [0.1, 0.15) is 5.69 Å². The maximum Gasteiger partial charge on any atom is 0.150 e. The Morgan fingerprint density at radius 1 is 1.20 bits per heavy atom. The Bertz CT molecular complexity index is 471. The Kier molecular flexibility index (Phi) is 1.74. The van der Waals surface area contributed by atoms with Crippen molar-refractivity contribution in [2.45, 2.75) is 18.9 Å². The third kappa shape index (κ3) is 1.38. The molecule has 0 spiro atoms. The van der Waals surface area contributed by atoms with E-state index < -0.39 is 0 Å². The van der Waals surface area contributed by atoms with E-state index in [4.69, 9.17) is 5.73 Å². The van der Waals surface area contributed by atoms with Crippen LogP contribution in [0.2, 0.25) is 0 Å². The normalized spacial score (nSPS) is 15.5. The van der Waals surface area contributed by atoms with E-state index in [-0.39, 0.29) is 0 Å². The zero-order valence-electron chi connectivity index (χ0n) is 8.30. The predicted octanol–water partition coefficient (Wildman–Crippen LogP) is 1.86. The lowest BCUT2D eigenvalue weighted by Gasteiger charge is -2.00. The number of aromatic nitrogens is 3. The quantitative estimate of drug-likeness (QED) is 0.805. The highest BCUT2D eigenvalue weighted by molar-refractivity contribution is 5.69. The Morgan fingerprint density at radius 2 is 1.93 bits per heavy atom. The van der Waals surface area contributed by atoms with Gasteiger partial charge in [-0.05, 0) is 12.8 Å². The molecule has 0 amide bonds. The molecule has 15 heavy (non-hydrogen) atoms. The molecule has 3 rings (SSSR count). The first kappa shape index (κ1) is 8.47. The fraction of sp³-hybridized carbons (Fsp3) is 0.273. The molecule has 0 saturated heterocycles. The standard InChI is InChI=1S/C11H12N4/c12-11-10(8-4-2-1-3-5-8)13-14-15(11)9-6-7-9/h1-5,9H,6-7,12H2. The van der Waals surface area contributed by atoms with Crippen molar-refractivity contribution in [3.05, 3.63) is 30.3 Å². The number of nitrogens with zero attached hydrogens (tertiary/aromatic N) is 3.